The van der Waals surface area contributed by atoms with E-state index in [9.17, 15) is 5.11 Å². The average molecular weight is 347 g/mol. The van der Waals surface area contributed by atoms with E-state index in [0.29, 0.717) is 6.42 Å². The Labute approximate surface area is 133 Å². The second kappa shape index (κ2) is 6.20. The highest BCUT2D eigenvalue weighted by atomic mass is 79.9. The molecule has 0 heterocycles. The molecule has 3 heteroatoms. The SMILES string of the molecule is COc1ccc(Br)c(C(O)Cc2ccc3c(c2)CCC3)c1. The Hall–Kier alpha value is -1.32. The highest BCUT2D eigenvalue weighted by Crippen LogP contribution is 2.31. The zero-order valence-electron chi connectivity index (χ0n) is 12.1. The predicted molar refractivity (Wildman–Crippen MR) is 87.8 cm³/mol. The second-order valence-corrected chi connectivity index (χ2v) is 6.42. The molecule has 1 aliphatic carbocycles. The molecule has 1 aliphatic rings. The van der Waals surface area contributed by atoms with Gasteiger partial charge in [-0.05, 0) is 59.7 Å². The zero-order chi connectivity index (χ0) is 14.8. The van der Waals surface area contributed by atoms with Gasteiger partial charge in [0.1, 0.15) is 5.75 Å². The molecular formula is C18H19BrO2. The average Bonchev–Trinajstić information content (AvgIpc) is 2.95. The number of benzene rings is 2. The number of ether oxygens (including phenoxy) is 1. The van der Waals surface area contributed by atoms with Gasteiger partial charge in [0.25, 0.3) is 0 Å². The molecule has 0 fully saturated rings. The van der Waals surface area contributed by atoms with Gasteiger partial charge in [-0.25, -0.2) is 0 Å². The van der Waals surface area contributed by atoms with Gasteiger partial charge in [0, 0.05) is 10.9 Å². The van der Waals surface area contributed by atoms with Gasteiger partial charge in [0.15, 0.2) is 0 Å². The van der Waals surface area contributed by atoms with Crippen LogP contribution in [0.2, 0.25) is 0 Å². The van der Waals surface area contributed by atoms with E-state index in [1.54, 1.807) is 7.11 Å². The summed E-state index contributed by atoms with van der Waals surface area (Å²) >= 11 is 3.51. The summed E-state index contributed by atoms with van der Waals surface area (Å²) in [5.74, 6) is 0.765. The van der Waals surface area contributed by atoms with Crippen molar-refractivity contribution in [3.63, 3.8) is 0 Å². The Bertz CT molecular complexity index is 652. The fraction of sp³-hybridized carbons (Fsp3) is 0.333. The maximum absolute atomic E-state index is 10.5. The Morgan fingerprint density at radius 3 is 2.76 bits per heavy atom. The molecule has 0 radical (unpaired) electrons. The van der Waals surface area contributed by atoms with Crippen molar-refractivity contribution in [1.82, 2.24) is 0 Å². The van der Waals surface area contributed by atoms with Crippen molar-refractivity contribution >= 4 is 15.9 Å². The first kappa shape index (κ1) is 14.6. The molecule has 2 nitrogen and oxygen atoms in total. The summed E-state index contributed by atoms with van der Waals surface area (Å²) in [6.07, 6.45) is 3.71. The first-order valence-corrected chi connectivity index (χ1v) is 8.09. The van der Waals surface area contributed by atoms with Crippen LogP contribution >= 0.6 is 15.9 Å². The van der Waals surface area contributed by atoms with Gasteiger partial charge >= 0.3 is 0 Å². The molecule has 0 spiro atoms. The number of halogens is 1. The molecule has 1 atom stereocenters. The normalized spacial score (nSPS) is 14.8. The maximum atomic E-state index is 10.5. The summed E-state index contributed by atoms with van der Waals surface area (Å²) in [6, 6.07) is 12.3. The summed E-state index contributed by atoms with van der Waals surface area (Å²) in [7, 11) is 1.64. The van der Waals surface area contributed by atoms with Crippen molar-refractivity contribution in [3.8, 4) is 5.75 Å². The van der Waals surface area contributed by atoms with E-state index in [1.807, 2.05) is 18.2 Å². The number of aryl methyl sites for hydroxylation is 2. The van der Waals surface area contributed by atoms with Crippen LogP contribution in [-0.4, -0.2) is 12.2 Å². The van der Waals surface area contributed by atoms with Crippen molar-refractivity contribution in [1.29, 1.82) is 0 Å². The molecule has 110 valence electrons. The van der Waals surface area contributed by atoms with Crippen LogP contribution < -0.4 is 4.74 Å². The molecule has 3 rings (SSSR count). The summed E-state index contributed by atoms with van der Waals surface area (Å²) < 4.78 is 6.15. The molecule has 2 aromatic rings. The maximum Gasteiger partial charge on any atom is 0.119 e. The summed E-state index contributed by atoms with van der Waals surface area (Å²) in [4.78, 5) is 0. The first-order valence-electron chi connectivity index (χ1n) is 7.29. The topological polar surface area (TPSA) is 29.5 Å². The third-order valence-corrected chi connectivity index (χ3v) is 4.88. The standard InChI is InChI=1S/C18H19BrO2/c1-21-15-7-8-17(19)16(11-15)18(20)10-12-5-6-13-3-2-4-14(13)9-12/h5-9,11,18,20H,2-4,10H2,1H3. The van der Waals surface area contributed by atoms with Crippen LogP contribution in [0.4, 0.5) is 0 Å². The van der Waals surface area contributed by atoms with Crippen molar-refractivity contribution in [2.24, 2.45) is 0 Å². The third kappa shape index (κ3) is 3.14. The van der Waals surface area contributed by atoms with Crippen LogP contribution in [0, 0.1) is 0 Å². The van der Waals surface area contributed by atoms with Gasteiger partial charge < -0.3 is 9.84 Å². The molecule has 0 amide bonds. The van der Waals surface area contributed by atoms with E-state index in [4.69, 9.17) is 4.74 Å². The van der Waals surface area contributed by atoms with Crippen molar-refractivity contribution in [3.05, 3.63) is 63.1 Å². The van der Waals surface area contributed by atoms with Crippen LogP contribution in [0.1, 0.15) is 34.8 Å². The van der Waals surface area contributed by atoms with Gasteiger partial charge in [-0.3, -0.25) is 0 Å². The Balaban J connectivity index is 1.81. The summed E-state index contributed by atoms with van der Waals surface area (Å²) in [5.41, 5.74) is 4.98. The number of aliphatic hydroxyl groups is 1. The summed E-state index contributed by atoms with van der Waals surface area (Å²) in [6.45, 7) is 0. The minimum atomic E-state index is -0.533. The van der Waals surface area contributed by atoms with Gasteiger partial charge in [0.05, 0.1) is 13.2 Å². The lowest BCUT2D eigenvalue weighted by Gasteiger charge is -2.15. The summed E-state index contributed by atoms with van der Waals surface area (Å²) in [5, 5.41) is 10.5. The number of hydrogen-bond donors (Lipinski definition) is 1. The van der Waals surface area contributed by atoms with Gasteiger partial charge in [-0.15, -0.1) is 0 Å². The van der Waals surface area contributed by atoms with E-state index in [2.05, 4.69) is 34.1 Å². The Morgan fingerprint density at radius 2 is 1.95 bits per heavy atom. The lowest BCUT2D eigenvalue weighted by atomic mass is 9.98. The molecule has 0 saturated heterocycles. The fourth-order valence-electron chi connectivity index (χ4n) is 2.99. The van der Waals surface area contributed by atoms with Crippen LogP contribution in [0.25, 0.3) is 0 Å². The number of rotatable bonds is 4. The smallest absolute Gasteiger partial charge is 0.119 e. The van der Waals surface area contributed by atoms with Gasteiger partial charge in [0.2, 0.25) is 0 Å². The lowest BCUT2D eigenvalue weighted by molar-refractivity contribution is 0.177. The molecule has 1 unspecified atom stereocenters. The van der Waals surface area contributed by atoms with E-state index in [1.165, 1.54) is 36.0 Å². The van der Waals surface area contributed by atoms with Gasteiger partial charge in [-0.2, -0.15) is 0 Å². The van der Waals surface area contributed by atoms with Crippen molar-refractivity contribution in [2.45, 2.75) is 31.8 Å². The van der Waals surface area contributed by atoms with E-state index in [0.717, 1.165) is 15.8 Å². The lowest BCUT2D eigenvalue weighted by Crippen LogP contribution is -2.04. The number of methoxy groups -OCH3 is 1. The Morgan fingerprint density at radius 1 is 1.14 bits per heavy atom. The van der Waals surface area contributed by atoms with Crippen LogP contribution in [0.5, 0.6) is 5.75 Å². The number of aliphatic hydroxyl groups excluding tert-OH is 1. The van der Waals surface area contributed by atoms with Crippen molar-refractivity contribution < 1.29 is 9.84 Å². The number of hydrogen-bond acceptors (Lipinski definition) is 2. The molecule has 1 N–H and O–H groups in total. The minimum absolute atomic E-state index is 0.533. The molecular weight excluding hydrogens is 328 g/mol. The predicted octanol–water partition coefficient (Wildman–Crippen LogP) is 4.22. The second-order valence-electron chi connectivity index (χ2n) is 5.56. The van der Waals surface area contributed by atoms with Crippen LogP contribution in [0.15, 0.2) is 40.9 Å². The molecule has 0 aliphatic heterocycles. The number of fused-ring (bicyclic) bond motifs is 1. The molecule has 0 saturated carbocycles. The third-order valence-electron chi connectivity index (χ3n) is 4.15. The fourth-order valence-corrected chi connectivity index (χ4v) is 3.50. The Kier molecular flexibility index (Phi) is 4.32. The quantitative estimate of drug-likeness (QED) is 0.897. The molecule has 0 bridgehead atoms. The highest BCUT2D eigenvalue weighted by molar-refractivity contribution is 9.10. The molecule has 0 aromatic heterocycles. The van der Waals surface area contributed by atoms with Gasteiger partial charge in [-0.1, -0.05) is 34.1 Å². The van der Waals surface area contributed by atoms with Crippen molar-refractivity contribution in [2.75, 3.05) is 7.11 Å². The monoisotopic (exact) mass is 346 g/mol. The highest BCUT2D eigenvalue weighted by Gasteiger charge is 2.16. The van der Waals surface area contributed by atoms with E-state index < -0.39 is 6.10 Å². The van der Waals surface area contributed by atoms with E-state index in [-0.39, 0.29) is 0 Å². The van der Waals surface area contributed by atoms with Crippen LogP contribution in [0.3, 0.4) is 0 Å². The molecule has 21 heavy (non-hydrogen) atoms. The van der Waals surface area contributed by atoms with Crippen LogP contribution in [-0.2, 0) is 19.3 Å². The minimum Gasteiger partial charge on any atom is -0.497 e. The zero-order valence-corrected chi connectivity index (χ0v) is 13.7. The van der Waals surface area contributed by atoms with E-state index >= 15 is 0 Å². The molecule has 2 aromatic carbocycles. The first-order chi connectivity index (χ1) is 10.2. The largest absolute Gasteiger partial charge is 0.497 e.